The second-order valence-corrected chi connectivity index (χ2v) is 6.81. The summed E-state index contributed by atoms with van der Waals surface area (Å²) in [7, 11) is 0. The highest BCUT2D eigenvalue weighted by Crippen LogP contribution is 2.34. The number of aromatic nitrogens is 3. The second-order valence-electron chi connectivity index (χ2n) is 6.81. The lowest BCUT2D eigenvalue weighted by molar-refractivity contribution is 0.0832. The van der Waals surface area contributed by atoms with E-state index >= 15 is 0 Å². The molecule has 1 aliphatic rings. The van der Waals surface area contributed by atoms with Crippen molar-refractivity contribution in [1.82, 2.24) is 14.5 Å². The van der Waals surface area contributed by atoms with Gasteiger partial charge in [0.15, 0.2) is 11.4 Å². The lowest BCUT2D eigenvalue weighted by atomic mass is 10.1. The van der Waals surface area contributed by atoms with Gasteiger partial charge in [-0.1, -0.05) is 25.5 Å². The Labute approximate surface area is 147 Å². The number of hydrogen-bond donors (Lipinski definition) is 0. The SMILES string of the molecule is CCCC1(C)N=C(n2cnc3c(C)c(C)cnc32)c2ccccc2O1. The Morgan fingerprint density at radius 1 is 1.16 bits per heavy atom. The minimum Gasteiger partial charge on any atom is -0.466 e. The molecule has 1 aliphatic heterocycles. The van der Waals surface area contributed by atoms with Gasteiger partial charge in [0.25, 0.3) is 0 Å². The molecule has 25 heavy (non-hydrogen) atoms. The Hall–Kier alpha value is -2.69. The van der Waals surface area contributed by atoms with E-state index in [1.54, 1.807) is 0 Å². The van der Waals surface area contributed by atoms with Crippen molar-refractivity contribution in [3.05, 3.63) is 53.5 Å². The predicted octanol–water partition coefficient (Wildman–Crippen LogP) is 4.25. The van der Waals surface area contributed by atoms with Crippen LogP contribution in [-0.2, 0) is 0 Å². The Balaban J connectivity index is 1.96. The summed E-state index contributed by atoms with van der Waals surface area (Å²) in [6, 6.07) is 8.03. The third-order valence-electron chi connectivity index (χ3n) is 4.81. The van der Waals surface area contributed by atoms with Crippen LogP contribution >= 0.6 is 0 Å². The van der Waals surface area contributed by atoms with Gasteiger partial charge in [-0.05, 0) is 44.0 Å². The minimum absolute atomic E-state index is 0.575. The molecule has 1 unspecified atom stereocenters. The van der Waals surface area contributed by atoms with Gasteiger partial charge in [0.2, 0.25) is 0 Å². The first-order chi connectivity index (χ1) is 12.0. The number of benzene rings is 1. The third-order valence-corrected chi connectivity index (χ3v) is 4.81. The maximum Gasteiger partial charge on any atom is 0.199 e. The van der Waals surface area contributed by atoms with Crippen molar-refractivity contribution in [2.24, 2.45) is 4.99 Å². The fourth-order valence-electron chi connectivity index (χ4n) is 3.37. The summed E-state index contributed by atoms with van der Waals surface area (Å²) in [6.07, 6.45) is 5.56. The lowest BCUT2D eigenvalue weighted by Crippen LogP contribution is -2.37. The first-order valence-electron chi connectivity index (χ1n) is 8.70. The molecule has 3 heterocycles. The highest BCUT2D eigenvalue weighted by molar-refractivity contribution is 6.06. The van der Waals surface area contributed by atoms with Gasteiger partial charge in [-0.2, -0.15) is 0 Å². The van der Waals surface area contributed by atoms with Crippen molar-refractivity contribution in [3.8, 4) is 5.75 Å². The zero-order valence-electron chi connectivity index (χ0n) is 15.1. The van der Waals surface area contributed by atoms with E-state index in [1.807, 2.05) is 48.3 Å². The number of imidazole rings is 1. The topological polar surface area (TPSA) is 52.3 Å². The fourth-order valence-corrected chi connectivity index (χ4v) is 3.37. The van der Waals surface area contributed by atoms with E-state index in [2.05, 4.69) is 30.7 Å². The van der Waals surface area contributed by atoms with Gasteiger partial charge in [0, 0.05) is 12.6 Å². The molecule has 1 aromatic carbocycles. The third kappa shape index (κ3) is 2.51. The number of nitrogens with zero attached hydrogens (tertiary/aromatic N) is 4. The minimum atomic E-state index is -0.575. The van der Waals surface area contributed by atoms with Crippen molar-refractivity contribution in [3.63, 3.8) is 0 Å². The predicted molar refractivity (Wildman–Crippen MR) is 99.3 cm³/mol. The van der Waals surface area contributed by atoms with E-state index in [0.29, 0.717) is 0 Å². The number of rotatable bonds is 2. The quantitative estimate of drug-likeness (QED) is 0.704. The Morgan fingerprint density at radius 3 is 2.76 bits per heavy atom. The number of aliphatic imine (C=N–C) groups is 1. The fraction of sp³-hybridized carbons (Fsp3) is 0.350. The van der Waals surface area contributed by atoms with Crippen LogP contribution in [0, 0.1) is 13.8 Å². The monoisotopic (exact) mass is 334 g/mol. The number of hydrogen-bond acceptors (Lipinski definition) is 4. The van der Waals surface area contributed by atoms with Crippen LogP contribution in [0.25, 0.3) is 11.2 Å². The van der Waals surface area contributed by atoms with E-state index in [0.717, 1.165) is 52.3 Å². The Kier molecular flexibility index (Phi) is 3.60. The lowest BCUT2D eigenvalue weighted by Gasteiger charge is -2.33. The summed E-state index contributed by atoms with van der Waals surface area (Å²) in [4.78, 5) is 14.2. The molecule has 128 valence electrons. The van der Waals surface area contributed by atoms with Gasteiger partial charge in [-0.15, -0.1) is 0 Å². The van der Waals surface area contributed by atoms with Gasteiger partial charge in [-0.3, -0.25) is 4.57 Å². The van der Waals surface area contributed by atoms with Crippen LogP contribution in [0.2, 0.25) is 0 Å². The first-order valence-corrected chi connectivity index (χ1v) is 8.70. The van der Waals surface area contributed by atoms with Crippen LogP contribution in [0.15, 0.2) is 41.8 Å². The van der Waals surface area contributed by atoms with Gasteiger partial charge >= 0.3 is 0 Å². The highest BCUT2D eigenvalue weighted by atomic mass is 16.5. The average molecular weight is 334 g/mol. The molecule has 4 rings (SSSR count). The molecule has 1 atom stereocenters. The van der Waals surface area contributed by atoms with Crippen LogP contribution in [0.5, 0.6) is 5.75 Å². The largest absolute Gasteiger partial charge is 0.466 e. The van der Waals surface area contributed by atoms with E-state index in [-0.39, 0.29) is 0 Å². The Morgan fingerprint density at radius 2 is 1.96 bits per heavy atom. The number of aryl methyl sites for hydroxylation is 2. The van der Waals surface area contributed by atoms with E-state index in [9.17, 15) is 0 Å². The highest BCUT2D eigenvalue weighted by Gasteiger charge is 2.33. The first kappa shape index (κ1) is 15.8. The molecular weight excluding hydrogens is 312 g/mol. The molecule has 0 spiro atoms. The van der Waals surface area contributed by atoms with Crippen molar-refractivity contribution in [2.75, 3.05) is 0 Å². The van der Waals surface area contributed by atoms with Gasteiger partial charge in [-0.25, -0.2) is 15.0 Å². The van der Waals surface area contributed by atoms with Crippen LogP contribution in [0.4, 0.5) is 0 Å². The second kappa shape index (κ2) is 5.69. The zero-order valence-corrected chi connectivity index (χ0v) is 15.1. The molecule has 2 aromatic heterocycles. The van der Waals surface area contributed by atoms with Crippen molar-refractivity contribution >= 4 is 17.0 Å². The molecule has 0 bridgehead atoms. The number of para-hydroxylation sites is 1. The Bertz CT molecular complexity index is 989. The summed E-state index contributed by atoms with van der Waals surface area (Å²) in [5.74, 6) is 1.70. The summed E-state index contributed by atoms with van der Waals surface area (Å²) < 4.78 is 8.18. The molecular formula is C20H22N4O. The number of ether oxygens (including phenoxy) is 1. The molecule has 0 aliphatic carbocycles. The average Bonchev–Trinajstić information content (AvgIpc) is 3.02. The maximum absolute atomic E-state index is 6.20. The molecule has 0 amide bonds. The maximum atomic E-state index is 6.20. The van der Waals surface area contributed by atoms with Crippen LogP contribution in [0.1, 0.15) is 43.4 Å². The van der Waals surface area contributed by atoms with Crippen LogP contribution in [-0.4, -0.2) is 26.1 Å². The summed E-state index contributed by atoms with van der Waals surface area (Å²) >= 11 is 0. The molecule has 0 saturated heterocycles. The van der Waals surface area contributed by atoms with Crippen molar-refractivity contribution < 1.29 is 4.74 Å². The summed E-state index contributed by atoms with van der Waals surface area (Å²) in [6.45, 7) is 8.32. The van der Waals surface area contributed by atoms with E-state index in [1.165, 1.54) is 0 Å². The van der Waals surface area contributed by atoms with Gasteiger partial charge in [0.1, 0.15) is 23.4 Å². The summed E-state index contributed by atoms with van der Waals surface area (Å²) in [5.41, 5.74) is 4.44. The van der Waals surface area contributed by atoms with Gasteiger partial charge in [0.05, 0.1) is 5.56 Å². The van der Waals surface area contributed by atoms with Crippen LogP contribution in [0.3, 0.4) is 0 Å². The van der Waals surface area contributed by atoms with E-state index in [4.69, 9.17) is 9.73 Å². The summed E-state index contributed by atoms with van der Waals surface area (Å²) in [5, 5.41) is 0. The van der Waals surface area contributed by atoms with Crippen molar-refractivity contribution in [2.45, 2.75) is 46.3 Å². The molecule has 0 radical (unpaired) electrons. The standard InChI is InChI=1S/C20H22N4O/c1-5-10-20(4)23-18(15-8-6-7-9-16(15)25-20)24-12-22-17-14(3)13(2)11-21-19(17)24/h6-9,11-12H,5,10H2,1-4H3. The van der Waals surface area contributed by atoms with Crippen LogP contribution < -0.4 is 4.74 Å². The molecule has 3 aromatic rings. The van der Waals surface area contributed by atoms with E-state index < -0.39 is 5.72 Å². The number of fused-ring (bicyclic) bond motifs is 2. The van der Waals surface area contributed by atoms with Crippen molar-refractivity contribution in [1.29, 1.82) is 0 Å². The molecule has 0 fully saturated rings. The normalized spacial score (nSPS) is 19.4. The van der Waals surface area contributed by atoms with Gasteiger partial charge < -0.3 is 4.74 Å². The molecule has 0 N–H and O–H groups in total. The number of pyridine rings is 1. The smallest absolute Gasteiger partial charge is 0.199 e. The zero-order chi connectivity index (χ0) is 17.6. The molecule has 0 saturated carbocycles. The molecule has 5 nitrogen and oxygen atoms in total. The molecule has 5 heteroatoms.